The zero-order valence-corrected chi connectivity index (χ0v) is 10.3. The van der Waals surface area contributed by atoms with Crippen LogP contribution in [0.15, 0.2) is 0 Å². The molecule has 0 atom stereocenters. The largest absolute Gasteiger partial charge is 1.00 e. The molecule has 0 aromatic carbocycles. The molecule has 0 radical (unpaired) electrons. The van der Waals surface area contributed by atoms with Gasteiger partial charge in [0, 0.05) is 31.1 Å². The maximum absolute atomic E-state index is 0. The molecule has 0 fully saturated rings. The van der Waals surface area contributed by atoms with Crippen LogP contribution in [0.3, 0.4) is 0 Å². The summed E-state index contributed by atoms with van der Waals surface area (Å²) < 4.78 is 0. The molecule has 0 amide bonds. The fourth-order valence-corrected chi connectivity index (χ4v) is 0. The van der Waals surface area contributed by atoms with Crippen molar-refractivity contribution in [3.63, 3.8) is 0 Å². The van der Waals surface area contributed by atoms with E-state index in [9.17, 15) is 0 Å². The summed E-state index contributed by atoms with van der Waals surface area (Å²) in [6, 6.07) is 0. The van der Waals surface area contributed by atoms with Gasteiger partial charge in [0.2, 0.25) is 0 Å². The Labute approximate surface area is 92.8 Å². The number of hydrogen-bond donors (Lipinski definition) is 0. The predicted octanol–water partition coefficient (Wildman–Crippen LogP) is -24.0. The molecule has 0 nitrogen and oxygen atoms in total. The Hall–Kier alpha value is 1.56. The van der Waals surface area contributed by atoms with Crippen molar-refractivity contribution in [2.75, 3.05) is 0 Å². The molecule has 0 bridgehead atoms. The predicted molar refractivity (Wildman–Crippen MR) is 0 cm³/mol. The van der Waals surface area contributed by atoms with Gasteiger partial charge in [0.15, 0.2) is 0 Å². The van der Waals surface area contributed by atoms with E-state index in [4.69, 9.17) is 0 Å². The third-order valence-corrected chi connectivity index (χ3v) is 0. The van der Waals surface area contributed by atoms with Crippen molar-refractivity contribution in [1.82, 2.24) is 0 Å². The topological polar surface area (TPSA) is 0 Å². The average molecular weight is 394 g/mol. The van der Waals surface area contributed by atoms with Gasteiger partial charge in [-0.15, -0.1) is 0 Å². The van der Waals surface area contributed by atoms with Crippen LogP contribution >= 0.6 is 0 Å². The van der Waals surface area contributed by atoms with E-state index in [-0.39, 0.29) is 93.6 Å². The van der Waals surface area contributed by atoms with E-state index in [1.165, 1.54) is 0 Å². The van der Waals surface area contributed by atoms with Gasteiger partial charge in [-0.1, -0.05) is 0 Å². The smallest absolute Gasteiger partial charge is 1.00 e. The molecule has 9 heavy (non-hydrogen) atoms. The van der Waals surface area contributed by atoms with Crippen LogP contribution in [-0.2, 0) is 0 Å². The van der Waals surface area contributed by atoms with Crippen LogP contribution in [0.5, 0.6) is 0 Å². The van der Waals surface area contributed by atoms with Gasteiger partial charge in [-0.05, 0) is 0 Å². The summed E-state index contributed by atoms with van der Waals surface area (Å²) >= 11 is 0. The molecule has 0 rings (SSSR count). The molecule has 0 saturated carbocycles. The molecule has 0 saturated heterocycles. The van der Waals surface area contributed by atoms with Gasteiger partial charge in [0.05, 0.1) is 0 Å². The maximum Gasteiger partial charge on any atom is 1.00 e. The molecule has 0 aromatic rings. The zero-order valence-electron chi connectivity index (χ0n) is 4.15. The zero-order chi connectivity index (χ0) is 0. The summed E-state index contributed by atoms with van der Waals surface area (Å²) in [5, 5.41) is 0. The summed E-state index contributed by atoms with van der Waals surface area (Å²) in [4.78, 5) is 0. The molecule has 0 heterocycles. The van der Waals surface area contributed by atoms with Gasteiger partial charge in [0.25, 0.3) is 0 Å². The van der Waals surface area contributed by atoms with Crippen molar-refractivity contribution in [3.05, 3.63) is 0 Å². The first-order chi connectivity index (χ1) is 0. The van der Waals surface area contributed by atoms with Crippen LogP contribution in [-0.4, -0.2) is 0 Å². The molecular weight excluding hydrogens is 394 g/mol. The summed E-state index contributed by atoms with van der Waals surface area (Å²) in [6.45, 7) is 0. The van der Waals surface area contributed by atoms with E-state index in [1.807, 2.05) is 0 Å². The molecule has 0 aliphatic rings. The third-order valence-electron chi connectivity index (χ3n) is 0. The van der Waals surface area contributed by atoms with Crippen LogP contribution in [0, 0.1) is 31.1 Å². The Morgan fingerprint density at radius 1 is 0.333 bits per heavy atom. The molecule has 0 spiro atoms. The molecule has 0 unspecified atom stereocenters. The molecule has 0 aromatic heterocycles. The Kier molecular flexibility index (Phi) is 12600. The second-order valence-corrected chi connectivity index (χ2v) is 0. The monoisotopic (exact) mass is 394 g/mol. The van der Waals surface area contributed by atoms with Gasteiger partial charge in [-0.25, -0.2) is 0 Å². The van der Waals surface area contributed by atoms with E-state index < -0.39 is 0 Å². The summed E-state index contributed by atoms with van der Waals surface area (Å²) in [5.41, 5.74) is 0. The first-order valence-electron chi connectivity index (χ1n) is 0. The second-order valence-electron chi connectivity index (χ2n) is 0. The standard InChI is InChI=1S/7FH.Na.U/h7*1H;;/q;;;;;;;+1;/p-7. The molecule has 0 aliphatic carbocycles. The number of halogens is 7. The second kappa shape index (κ2) is 287. The van der Waals surface area contributed by atoms with Gasteiger partial charge in [0.1, 0.15) is 0 Å². The molecule has 0 aliphatic heterocycles. The molecular formula is F7NaU-6. The average Bonchev–Trinajstić information content (AvgIpc) is 0. The van der Waals surface area contributed by atoms with Crippen molar-refractivity contribution < 1.29 is 93.6 Å². The number of rotatable bonds is 0. The van der Waals surface area contributed by atoms with E-state index in [2.05, 4.69) is 0 Å². The summed E-state index contributed by atoms with van der Waals surface area (Å²) in [5.74, 6) is 0. The molecule has 60 valence electrons. The quantitative estimate of drug-likeness (QED) is 0.283. The minimum Gasteiger partial charge on any atom is -1.00 e. The summed E-state index contributed by atoms with van der Waals surface area (Å²) in [7, 11) is 0. The minimum atomic E-state index is 0. The minimum absolute atomic E-state index is 0. The van der Waals surface area contributed by atoms with Crippen molar-refractivity contribution in [2.24, 2.45) is 0 Å². The normalized spacial score (nSPS) is 0. The van der Waals surface area contributed by atoms with E-state index in [0.717, 1.165) is 0 Å². The first kappa shape index (κ1) is 396. The molecule has 0 N–H and O–H groups in total. The Balaban J connectivity index is 0. The fourth-order valence-electron chi connectivity index (χ4n) is 0. The Bertz CT molecular complexity index is 8.88. The van der Waals surface area contributed by atoms with Crippen LogP contribution < -0.4 is 62.5 Å². The van der Waals surface area contributed by atoms with E-state index >= 15 is 0 Å². The maximum atomic E-state index is 0. The van der Waals surface area contributed by atoms with Crippen LogP contribution in [0.4, 0.5) is 0 Å². The van der Waals surface area contributed by atoms with E-state index in [0.29, 0.717) is 0 Å². The van der Waals surface area contributed by atoms with Crippen LogP contribution in [0.25, 0.3) is 0 Å². The van der Waals surface area contributed by atoms with Gasteiger partial charge in [-0.2, -0.15) is 0 Å². The first-order valence-corrected chi connectivity index (χ1v) is 0. The number of hydrogen-bond acceptors (Lipinski definition) is 0. The Morgan fingerprint density at radius 2 is 0.333 bits per heavy atom. The third kappa shape index (κ3) is 224. The van der Waals surface area contributed by atoms with Crippen LogP contribution in [0.1, 0.15) is 0 Å². The van der Waals surface area contributed by atoms with Gasteiger partial charge in [-0.3, -0.25) is 0 Å². The van der Waals surface area contributed by atoms with Crippen LogP contribution in [0.2, 0.25) is 0 Å². The van der Waals surface area contributed by atoms with Gasteiger partial charge >= 0.3 is 29.6 Å². The van der Waals surface area contributed by atoms with E-state index in [1.54, 1.807) is 0 Å². The van der Waals surface area contributed by atoms with Crippen molar-refractivity contribution in [1.29, 1.82) is 0 Å². The summed E-state index contributed by atoms with van der Waals surface area (Å²) in [6.07, 6.45) is 0. The van der Waals surface area contributed by atoms with Crippen molar-refractivity contribution >= 4 is 0 Å². The van der Waals surface area contributed by atoms with Crippen molar-refractivity contribution in [2.45, 2.75) is 0 Å². The fraction of sp³-hybridized carbons (Fsp3) is 0. The Morgan fingerprint density at radius 3 is 0.333 bits per heavy atom. The van der Waals surface area contributed by atoms with Gasteiger partial charge < -0.3 is 32.9 Å². The molecule has 9 heteroatoms. The SMILES string of the molecule is [F-].[F-].[F-].[F-].[F-].[F-].[F-].[Na+].[U]. The van der Waals surface area contributed by atoms with Crippen molar-refractivity contribution in [3.8, 4) is 0 Å².